The van der Waals surface area contributed by atoms with E-state index in [0.717, 1.165) is 19.3 Å². The second-order valence-corrected chi connectivity index (χ2v) is 4.75. The van der Waals surface area contributed by atoms with Gasteiger partial charge >= 0.3 is 0 Å². The molecule has 18 heavy (non-hydrogen) atoms. The van der Waals surface area contributed by atoms with Crippen LogP contribution >= 0.6 is 0 Å². The van der Waals surface area contributed by atoms with E-state index in [4.69, 9.17) is 4.74 Å². The van der Waals surface area contributed by atoms with Gasteiger partial charge in [0.05, 0.1) is 17.9 Å². The molecule has 1 aliphatic rings. The number of para-hydroxylation sites is 1. The van der Waals surface area contributed by atoms with Crippen LogP contribution in [-0.2, 0) is 4.74 Å². The van der Waals surface area contributed by atoms with Crippen molar-refractivity contribution in [1.82, 2.24) is 0 Å². The highest BCUT2D eigenvalue weighted by molar-refractivity contribution is 5.49. The number of halogens is 1. The van der Waals surface area contributed by atoms with Crippen molar-refractivity contribution < 1.29 is 9.13 Å². The molecule has 0 heterocycles. The van der Waals surface area contributed by atoms with Crippen molar-refractivity contribution in [3.63, 3.8) is 0 Å². The fraction of sp³-hybridized carbons (Fsp3) is 0.500. The quantitative estimate of drug-likeness (QED) is 0.894. The molecule has 2 unspecified atom stereocenters. The highest BCUT2D eigenvalue weighted by Gasteiger charge is 2.37. The van der Waals surface area contributed by atoms with Gasteiger partial charge in [-0.1, -0.05) is 12.1 Å². The van der Waals surface area contributed by atoms with Crippen LogP contribution in [0, 0.1) is 17.1 Å². The molecule has 0 spiro atoms. The summed E-state index contributed by atoms with van der Waals surface area (Å²) < 4.78 is 19.0. The van der Waals surface area contributed by atoms with Gasteiger partial charge in [0.25, 0.3) is 0 Å². The Labute approximate surface area is 107 Å². The molecule has 96 valence electrons. The monoisotopic (exact) mass is 248 g/mol. The number of hydrogen-bond acceptors (Lipinski definition) is 3. The predicted octanol–water partition coefficient (Wildman–Crippen LogP) is 3.09. The van der Waals surface area contributed by atoms with Crippen molar-refractivity contribution >= 4 is 5.69 Å². The van der Waals surface area contributed by atoms with Crippen LogP contribution in [-0.4, -0.2) is 18.8 Å². The fourth-order valence-electron chi connectivity index (χ4n) is 2.49. The zero-order valence-corrected chi connectivity index (χ0v) is 10.4. The molecule has 3 nitrogen and oxygen atoms in total. The number of nitriles is 1. The zero-order chi connectivity index (χ0) is 13.0. The number of ether oxygens (including phenoxy) is 1. The minimum atomic E-state index is -0.721. The van der Waals surface area contributed by atoms with E-state index in [1.165, 1.54) is 6.07 Å². The minimum Gasteiger partial charge on any atom is -0.381 e. The van der Waals surface area contributed by atoms with Crippen LogP contribution in [0.25, 0.3) is 0 Å². The average Bonchev–Trinajstić information content (AvgIpc) is 2.42. The van der Waals surface area contributed by atoms with Gasteiger partial charge in [-0.3, -0.25) is 0 Å². The number of nitrogens with one attached hydrogen (secondary N) is 1. The maximum atomic E-state index is 13.6. The van der Waals surface area contributed by atoms with Crippen LogP contribution in [0.1, 0.15) is 25.7 Å². The van der Waals surface area contributed by atoms with Gasteiger partial charge in [0.15, 0.2) is 0 Å². The molecule has 1 N–H and O–H groups in total. The molecule has 1 saturated carbocycles. The summed E-state index contributed by atoms with van der Waals surface area (Å²) in [6.45, 7) is 0. The normalized spacial score (nSPS) is 27.5. The Balaban J connectivity index is 2.19. The number of hydrogen-bond donors (Lipinski definition) is 1. The third-order valence-electron chi connectivity index (χ3n) is 3.50. The molecule has 0 bridgehead atoms. The highest BCUT2D eigenvalue weighted by atomic mass is 19.1. The molecule has 1 aromatic rings. The first kappa shape index (κ1) is 12.8. The lowest BCUT2D eigenvalue weighted by Crippen LogP contribution is -2.44. The molecule has 0 radical (unpaired) electrons. The summed E-state index contributed by atoms with van der Waals surface area (Å²) in [5.41, 5.74) is -0.336. The number of anilines is 1. The van der Waals surface area contributed by atoms with E-state index in [9.17, 15) is 9.65 Å². The van der Waals surface area contributed by atoms with Crippen molar-refractivity contribution in [2.75, 3.05) is 12.4 Å². The third kappa shape index (κ3) is 2.62. The van der Waals surface area contributed by atoms with Crippen molar-refractivity contribution in [3.8, 4) is 6.07 Å². The van der Waals surface area contributed by atoms with Gasteiger partial charge in [0, 0.05) is 13.5 Å². The van der Waals surface area contributed by atoms with Crippen LogP contribution in [0.4, 0.5) is 10.1 Å². The summed E-state index contributed by atoms with van der Waals surface area (Å²) in [6, 6.07) is 8.74. The first-order valence-corrected chi connectivity index (χ1v) is 6.16. The third-order valence-corrected chi connectivity index (χ3v) is 3.50. The maximum absolute atomic E-state index is 13.6. The number of methoxy groups -OCH3 is 1. The molecule has 2 rings (SSSR count). The van der Waals surface area contributed by atoms with Gasteiger partial charge in [0.2, 0.25) is 0 Å². The van der Waals surface area contributed by atoms with Gasteiger partial charge in [-0.15, -0.1) is 0 Å². The second-order valence-electron chi connectivity index (χ2n) is 4.75. The Hall–Kier alpha value is -1.60. The van der Waals surface area contributed by atoms with Crippen molar-refractivity contribution in [2.24, 2.45) is 0 Å². The predicted molar refractivity (Wildman–Crippen MR) is 67.6 cm³/mol. The van der Waals surface area contributed by atoms with Crippen LogP contribution in [0.3, 0.4) is 0 Å². The SMILES string of the molecule is COC1CCCC(C#N)(Nc2ccccc2F)C1. The smallest absolute Gasteiger partial charge is 0.146 e. The van der Waals surface area contributed by atoms with Crippen LogP contribution in [0.2, 0.25) is 0 Å². The standard InChI is InChI=1S/C14H17FN2O/c1-18-11-5-4-8-14(9-11,10-16)17-13-7-3-2-6-12(13)15/h2-3,6-7,11,17H,4-5,8-9H2,1H3. The summed E-state index contributed by atoms with van der Waals surface area (Å²) in [6.07, 6.45) is 3.25. The number of nitrogens with zero attached hydrogens (tertiary/aromatic N) is 1. The Bertz CT molecular complexity index is 457. The molecule has 1 fully saturated rings. The molecule has 0 aliphatic heterocycles. The van der Waals surface area contributed by atoms with E-state index >= 15 is 0 Å². The minimum absolute atomic E-state index is 0.0673. The molecular weight excluding hydrogens is 231 g/mol. The maximum Gasteiger partial charge on any atom is 0.146 e. The van der Waals surface area contributed by atoms with Gasteiger partial charge < -0.3 is 10.1 Å². The molecule has 4 heteroatoms. The number of rotatable bonds is 3. The summed E-state index contributed by atoms with van der Waals surface area (Å²) >= 11 is 0. The Morgan fingerprint density at radius 1 is 1.50 bits per heavy atom. The lowest BCUT2D eigenvalue weighted by molar-refractivity contribution is 0.0568. The van der Waals surface area contributed by atoms with Crippen LogP contribution < -0.4 is 5.32 Å². The van der Waals surface area contributed by atoms with Crippen LogP contribution in [0.15, 0.2) is 24.3 Å². The topological polar surface area (TPSA) is 45.0 Å². The van der Waals surface area contributed by atoms with Crippen molar-refractivity contribution in [2.45, 2.75) is 37.3 Å². The molecule has 2 atom stereocenters. The molecule has 0 amide bonds. The molecule has 1 aromatic carbocycles. The fourth-order valence-corrected chi connectivity index (χ4v) is 2.49. The Morgan fingerprint density at radius 3 is 2.94 bits per heavy atom. The molecule has 1 aliphatic carbocycles. The number of benzene rings is 1. The first-order valence-electron chi connectivity index (χ1n) is 6.16. The highest BCUT2D eigenvalue weighted by Crippen LogP contribution is 2.33. The second kappa shape index (κ2) is 5.36. The van der Waals surface area contributed by atoms with Gasteiger partial charge in [-0.2, -0.15) is 5.26 Å². The van der Waals surface area contributed by atoms with E-state index in [1.807, 2.05) is 0 Å². The lowest BCUT2D eigenvalue weighted by atomic mass is 9.81. The summed E-state index contributed by atoms with van der Waals surface area (Å²) in [5, 5.41) is 12.5. The zero-order valence-electron chi connectivity index (χ0n) is 10.4. The molecular formula is C14H17FN2O. The van der Waals surface area contributed by atoms with Gasteiger partial charge in [0.1, 0.15) is 11.4 Å². The van der Waals surface area contributed by atoms with Crippen molar-refractivity contribution in [1.29, 1.82) is 5.26 Å². The van der Waals surface area contributed by atoms with E-state index in [-0.39, 0.29) is 11.9 Å². The average molecular weight is 248 g/mol. The van der Waals surface area contributed by atoms with E-state index < -0.39 is 5.54 Å². The Morgan fingerprint density at radius 2 is 2.28 bits per heavy atom. The molecule has 0 saturated heterocycles. The van der Waals surface area contributed by atoms with Gasteiger partial charge in [-0.05, 0) is 31.4 Å². The van der Waals surface area contributed by atoms with Crippen LogP contribution in [0.5, 0.6) is 0 Å². The Kier molecular flexibility index (Phi) is 3.83. The van der Waals surface area contributed by atoms with Gasteiger partial charge in [-0.25, -0.2) is 4.39 Å². The van der Waals surface area contributed by atoms with Crippen molar-refractivity contribution in [3.05, 3.63) is 30.1 Å². The first-order chi connectivity index (χ1) is 8.69. The summed E-state index contributed by atoms with van der Waals surface area (Å²) in [4.78, 5) is 0. The lowest BCUT2D eigenvalue weighted by Gasteiger charge is -2.36. The molecule has 0 aromatic heterocycles. The van der Waals surface area contributed by atoms with E-state index in [2.05, 4.69) is 11.4 Å². The van der Waals surface area contributed by atoms with E-state index in [1.54, 1.807) is 25.3 Å². The largest absolute Gasteiger partial charge is 0.381 e. The van der Waals surface area contributed by atoms with E-state index in [0.29, 0.717) is 12.1 Å². The summed E-state index contributed by atoms with van der Waals surface area (Å²) in [7, 11) is 1.65. The summed E-state index contributed by atoms with van der Waals surface area (Å²) in [5.74, 6) is -0.327.